The van der Waals surface area contributed by atoms with Gasteiger partial charge in [0.1, 0.15) is 0 Å². The number of carbonyl (C=O) groups excluding carboxylic acids is 1. The van der Waals surface area contributed by atoms with Gasteiger partial charge in [-0.1, -0.05) is 252 Å². The summed E-state index contributed by atoms with van der Waals surface area (Å²) < 4.78 is 0. The van der Waals surface area contributed by atoms with Crippen LogP contribution >= 0.6 is 0 Å². The van der Waals surface area contributed by atoms with E-state index in [9.17, 15) is 15.0 Å². The van der Waals surface area contributed by atoms with Crippen LogP contribution in [-0.4, -0.2) is 34.9 Å². The molecule has 360 valence electrons. The average molecular weight is 872 g/mol. The van der Waals surface area contributed by atoms with Crippen LogP contribution in [0.3, 0.4) is 0 Å². The van der Waals surface area contributed by atoms with Crippen LogP contribution in [0.4, 0.5) is 0 Å². The Morgan fingerprint density at radius 3 is 1.11 bits per heavy atom. The van der Waals surface area contributed by atoms with Crippen molar-refractivity contribution in [2.45, 2.75) is 251 Å². The van der Waals surface area contributed by atoms with Crippen LogP contribution in [0, 0.1) is 0 Å². The molecule has 0 spiro atoms. The van der Waals surface area contributed by atoms with Gasteiger partial charge >= 0.3 is 0 Å². The van der Waals surface area contributed by atoms with Crippen molar-refractivity contribution < 1.29 is 15.0 Å². The Bertz CT molecular complexity index is 1220. The van der Waals surface area contributed by atoms with Crippen molar-refractivity contribution in [2.24, 2.45) is 0 Å². The summed E-state index contributed by atoms with van der Waals surface area (Å²) in [5, 5.41) is 23.1. The highest BCUT2D eigenvalue weighted by molar-refractivity contribution is 5.76. The minimum absolute atomic E-state index is 0.109. The maximum Gasteiger partial charge on any atom is 0.220 e. The van der Waals surface area contributed by atoms with Gasteiger partial charge in [0.05, 0.1) is 18.8 Å². The lowest BCUT2D eigenvalue weighted by molar-refractivity contribution is -0.123. The molecule has 0 radical (unpaired) electrons. The van der Waals surface area contributed by atoms with E-state index >= 15 is 0 Å². The molecule has 0 aromatic carbocycles. The van der Waals surface area contributed by atoms with Crippen LogP contribution in [0.2, 0.25) is 0 Å². The molecule has 0 aliphatic carbocycles. The maximum atomic E-state index is 12.4. The largest absolute Gasteiger partial charge is 0.394 e. The molecule has 0 rings (SSSR count). The predicted molar refractivity (Wildman–Crippen MR) is 280 cm³/mol. The topological polar surface area (TPSA) is 69.6 Å². The van der Waals surface area contributed by atoms with Crippen LogP contribution in [0.25, 0.3) is 0 Å². The van der Waals surface area contributed by atoms with E-state index < -0.39 is 12.1 Å². The number of unbranched alkanes of at least 4 members (excludes halogenated alkanes) is 24. The molecule has 1 amide bonds. The van der Waals surface area contributed by atoms with Crippen LogP contribution in [0.1, 0.15) is 239 Å². The molecular formula is C59H101NO3. The Morgan fingerprint density at radius 1 is 0.397 bits per heavy atom. The summed E-state index contributed by atoms with van der Waals surface area (Å²) in [5.74, 6) is -0.109. The van der Waals surface area contributed by atoms with Crippen molar-refractivity contribution >= 4 is 5.91 Å². The van der Waals surface area contributed by atoms with Crippen molar-refractivity contribution in [3.8, 4) is 0 Å². The third-order valence-corrected chi connectivity index (χ3v) is 11.5. The predicted octanol–water partition coefficient (Wildman–Crippen LogP) is 17.5. The molecule has 0 aliphatic heterocycles. The summed E-state index contributed by atoms with van der Waals surface area (Å²) in [7, 11) is 0. The number of aliphatic hydroxyl groups is 2. The van der Waals surface area contributed by atoms with Gasteiger partial charge in [-0.25, -0.2) is 0 Å². The van der Waals surface area contributed by atoms with Crippen LogP contribution in [0.15, 0.2) is 109 Å². The fourth-order valence-electron chi connectivity index (χ4n) is 7.47. The Hall–Kier alpha value is -2.95. The van der Waals surface area contributed by atoms with Crippen molar-refractivity contribution in [2.75, 3.05) is 6.61 Å². The van der Waals surface area contributed by atoms with E-state index in [2.05, 4.69) is 116 Å². The summed E-state index contributed by atoms with van der Waals surface area (Å²) in [6, 6.07) is -0.666. The molecule has 0 saturated carbocycles. The van der Waals surface area contributed by atoms with Gasteiger partial charge in [-0.15, -0.1) is 0 Å². The zero-order chi connectivity index (χ0) is 45.6. The summed E-state index contributed by atoms with van der Waals surface area (Å²) in [6.07, 6.45) is 80.9. The number of nitrogens with one attached hydrogen (secondary N) is 1. The fourth-order valence-corrected chi connectivity index (χ4v) is 7.47. The average Bonchev–Trinajstić information content (AvgIpc) is 3.29. The van der Waals surface area contributed by atoms with Crippen LogP contribution in [-0.2, 0) is 4.79 Å². The minimum Gasteiger partial charge on any atom is -0.394 e. The monoisotopic (exact) mass is 872 g/mol. The molecule has 0 fully saturated rings. The summed E-state index contributed by atoms with van der Waals surface area (Å²) in [4.78, 5) is 12.4. The van der Waals surface area contributed by atoms with Gasteiger partial charge in [0, 0.05) is 6.42 Å². The number of allylic oxidation sites excluding steroid dienone is 17. The first-order valence-corrected chi connectivity index (χ1v) is 26.6. The number of hydrogen-bond donors (Lipinski definition) is 3. The number of amides is 1. The second kappa shape index (κ2) is 53.4. The molecule has 0 heterocycles. The molecule has 63 heavy (non-hydrogen) atoms. The normalized spacial score (nSPS) is 13.8. The molecule has 2 unspecified atom stereocenters. The first kappa shape index (κ1) is 60.1. The van der Waals surface area contributed by atoms with Gasteiger partial charge in [0.2, 0.25) is 5.91 Å². The van der Waals surface area contributed by atoms with E-state index in [0.29, 0.717) is 6.42 Å². The van der Waals surface area contributed by atoms with Crippen molar-refractivity contribution in [3.63, 3.8) is 0 Å². The molecule has 0 saturated heterocycles. The highest BCUT2D eigenvalue weighted by atomic mass is 16.3. The second-order valence-electron chi connectivity index (χ2n) is 17.6. The number of hydrogen-bond acceptors (Lipinski definition) is 3. The lowest BCUT2D eigenvalue weighted by atomic mass is 10.0. The standard InChI is InChI=1S/C59H101NO3/c1-3-5-7-9-11-13-15-17-19-21-23-25-27-29-31-32-34-36-38-40-42-44-46-48-50-52-54-58(62)57(56-61)60-59(63)55-53-51-49-47-45-43-41-39-37-35-33-30-28-26-24-22-20-18-16-14-12-10-8-6-4-2/h6,8,12,14,18,20,24,26,30,33,37,39,43-46,52,54,57-58,61-62H,3-5,7,9-11,13,15-17,19,21-23,25,27-29,31-32,34-36,38,40-42,47-51,53,55-56H2,1-2H3,(H,60,63)/b8-6-,14-12-,20-18-,26-24-,33-30-,39-37-,45-43-,46-44+,54-52+. The lowest BCUT2D eigenvalue weighted by Crippen LogP contribution is -2.45. The van der Waals surface area contributed by atoms with E-state index in [1.807, 2.05) is 6.08 Å². The van der Waals surface area contributed by atoms with Gasteiger partial charge in [0.15, 0.2) is 0 Å². The zero-order valence-electron chi connectivity index (χ0n) is 41.3. The van der Waals surface area contributed by atoms with E-state index in [0.717, 1.165) is 89.9 Å². The first-order valence-electron chi connectivity index (χ1n) is 26.6. The van der Waals surface area contributed by atoms with Crippen LogP contribution in [0.5, 0.6) is 0 Å². The van der Waals surface area contributed by atoms with Crippen molar-refractivity contribution in [1.29, 1.82) is 0 Å². The Balaban J connectivity index is 3.67. The van der Waals surface area contributed by atoms with E-state index in [1.54, 1.807) is 6.08 Å². The molecule has 4 heteroatoms. The molecule has 3 N–H and O–H groups in total. The van der Waals surface area contributed by atoms with E-state index in [4.69, 9.17) is 0 Å². The quantitative estimate of drug-likeness (QED) is 0.0421. The lowest BCUT2D eigenvalue weighted by Gasteiger charge is -2.19. The van der Waals surface area contributed by atoms with Gasteiger partial charge in [-0.2, -0.15) is 0 Å². The number of aliphatic hydroxyl groups excluding tert-OH is 2. The summed E-state index contributed by atoms with van der Waals surface area (Å²) >= 11 is 0. The molecular weight excluding hydrogens is 771 g/mol. The molecule has 2 atom stereocenters. The first-order chi connectivity index (χ1) is 31.2. The van der Waals surface area contributed by atoms with Gasteiger partial charge in [-0.3, -0.25) is 4.79 Å². The minimum atomic E-state index is -0.886. The zero-order valence-corrected chi connectivity index (χ0v) is 41.3. The van der Waals surface area contributed by atoms with Gasteiger partial charge in [-0.05, 0) is 89.9 Å². The Morgan fingerprint density at radius 2 is 0.714 bits per heavy atom. The van der Waals surface area contributed by atoms with E-state index in [-0.39, 0.29) is 12.5 Å². The number of carbonyl (C=O) groups is 1. The van der Waals surface area contributed by atoms with Crippen LogP contribution < -0.4 is 5.32 Å². The molecule has 0 aliphatic rings. The van der Waals surface area contributed by atoms with E-state index in [1.165, 1.54) is 128 Å². The second-order valence-corrected chi connectivity index (χ2v) is 17.6. The SMILES string of the molecule is CC/C=C\C/C=C\C/C=C\C/C=C\C/C=C\C/C=C\C/C=C\CCCCCC(=O)NC(CO)C(O)/C=C/CC/C=C/CCCCCCCCCCCCCCCCCCCCCC. The highest BCUT2D eigenvalue weighted by Crippen LogP contribution is 2.15. The van der Waals surface area contributed by atoms with Gasteiger partial charge in [0.25, 0.3) is 0 Å². The van der Waals surface area contributed by atoms with Crippen molar-refractivity contribution in [1.82, 2.24) is 5.32 Å². The highest BCUT2D eigenvalue weighted by Gasteiger charge is 2.17. The molecule has 0 aromatic rings. The maximum absolute atomic E-state index is 12.4. The third-order valence-electron chi connectivity index (χ3n) is 11.5. The summed E-state index contributed by atoms with van der Waals surface area (Å²) in [5.41, 5.74) is 0. The fraction of sp³-hybridized carbons (Fsp3) is 0.678. The molecule has 0 bridgehead atoms. The smallest absolute Gasteiger partial charge is 0.220 e. The Kier molecular flexibility index (Phi) is 50.9. The Labute approximate surface area is 391 Å². The third kappa shape index (κ3) is 49.9. The van der Waals surface area contributed by atoms with Crippen molar-refractivity contribution in [3.05, 3.63) is 109 Å². The molecule has 4 nitrogen and oxygen atoms in total. The van der Waals surface area contributed by atoms with Gasteiger partial charge < -0.3 is 15.5 Å². The summed E-state index contributed by atoms with van der Waals surface area (Å²) in [6.45, 7) is 4.17. The molecule has 0 aromatic heterocycles. The number of rotatable bonds is 47.